The van der Waals surface area contributed by atoms with Crippen molar-refractivity contribution in [3.63, 3.8) is 0 Å². The van der Waals surface area contributed by atoms with Crippen LogP contribution >= 0.6 is 11.6 Å². The number of hydrogen-bond donors (Lipinski definition) is 2. The van der Waals surface area contributed by atoms with Gasteiger partial charge in [0.25, 0.3) is 5.91 Å². The Balaban J connectivity index is 1.44. The van der Waals surface area contributed by atoms with Gasteiger partial charge in [0.15, 0.2) is 0 Å². The van der Waals surface area contributed by atoms with E-state index in [-0.39, 0.29) is 5.91 Å². The molecule has 1 amide bonds. The Morgan fingerprint density at radius 2 is 2.13 bits per heavy atom. The van der Waals surface area contributed by atoms with Crippen LogP contribution in [-0.2, 0) is 11.3 Å². The van der Waals surface area contributed by atoms with Gasteiger partial charge >= 0.3 is 0 Å². The molecule has 3 aromatic rings. The SMILES string of the molecule is Cc1cnc(NC2CCOCC2)nc1-n1cnc(C(=O)NCc2cccc(Cl)c2)c1. The molecule has 0 radical (unpaired) electrons. The van der Waals surface area contributed by atoms with E-state index < -0.39 is 0 Å². The third-order valence-electron chi connectivity index (χ3n) is 4.90. The van der Waals surface area contributed by atoms with Gasteiger partial charge in [-0.3, -0.25) is 9.36 Å². The van der Waals surface area contributed by atoms with E-state index in [0.29, 0.717) is 35.1 Å². The van der Waals surface area contributed by atoms with Gasteiger partial charge in [0, 0.05) is 48.8 Å². The standard InChI is InChI=1S/C21H23ClN6O2/c1-14-10-24-21(26-17-5-7-30-8-6-17)27-19(14)28-12-18(25-13-28)20(29)23-11-15-3-2-4-16(22)9-15/h2-4,9-10,12-13,17H,5-8,11H2,1H3,(H,23,29)(H,24,26,27). The minimum atomic E-state index is -0.263. The number of aryl methyl sites for hydroxylation is 1. The second kappa shape index (κ2) is 9.23. The Morgan fingerprint density at radius 3 is 2.93 bits per heavy atom. The molecule has 0 spiro atoms. The fourth-order valence-electron chi connectivity index (χ4n) is 3.26. The van der Waals surface area contributed by atoms with Gasteiger partial charge in [0.1, 0.15) is 17.8 Å². The minimum absolute atomic E-state index is 0.263. The summed E-state index contributed by atoms with van der Waals surface area (Å²) in [5.74, 6) is 0.977. The molecule has 1 aromatic carbocycles. The average molecular weight is 427 g/mol. The molecule has 4 rings (SSSR count). The smallest absolute Gasteiger partial charge is 0.271 e. The lowest BCUT2D eigenvalue weighted by Gasteiger charge is -2.23. The van der Waals surface area contributed by atoms with Gasteiger partial charge in [-0.1, -0.05) is 23.7 Å². The molecule has 1 aliphatic heterocycles. The van der Waals surface area contributed by atoms with E-state index >= 15 is 0 Å². The van der Waals surface area contributed by atoms with E-state index in [1.165, 1.54) is 0 Å². The summed E-state index contributed by atoms with van der Waals surface area (Å²) >= 11 is 5.99. The second-order valence-corrected chi connectivity index (χ2v) is 7.65. The Kier molecular flexibility index (Phi) is 6.25. The first kappa shape index (κ1) is 20.3. The van der Waals surface area contributed by atoms with E-state index in [2.05, 4.69) is 25.6 Å². The zero-order valence-electron chi connectivity index (χ0n) is 16.6. The van der Waals surface area contributed by atoms with Crippen molar-refractivity contribution >= 4 is 23.5 Å². The third kappa shape index (κ3) is 4.95. The van der Waals surface area contributed by atoms with Crippen molar-refractivity contribution in [2.45, 2.75) is 32.4 Å². The van der Waals surface area contributed by atoms with E-state index in [9.17, 15) is 4.79 Å². The van der Waals surface area contributed by atoms with Crippen molar-refractivity contribution in [2.24, 2.45) is 0 Å². The molecule has 2 aromatic heterocycles. The lowest BCUT2D eigenvalue weighted by atomic mass is 10.1. The fourth-order valence-corrected chi connectivity index (χ4v) is 3.48. The second-order valence-electron chi connectivity index (χ2n) is 7.21. The Bertz CT molecular complexity index is 1030. The number of halogens is 1. The largest absolute Gasteiger partial charge is 0.381 e. The summed E-state index contributed by atoms with van der Waals surface area (Å²) in [7, 11) is 0. The highest BCUT2D eigenvalue weighted by molar-refractivity contribution is 6.30. The summed E-state index contributed by atoms with van der Waals surface area (Å²) in [6.45, 7) is 3.78. The zero-order chi connectivity index (χ0) is 20.9. The number of nitrogens with one attached hydrogen (secondary N) is 2. The lowest BCUT2D eigenvalue weighted by molar-refractivity contribution is 0.0903. The van der Waals surface area contributed by atoms with Crippen LogP contribution in [0.1, 0.15) is 34.5 Å². The molecule has 0 aliphatic carbocycles. The number of anilines is 1. The highest BCUT2D eigenvalue weighted by Crippen LogP contribution is 2.16. The van der Waals surface area contributed by atoms with Gasteiger partial charge in [-0.25, -0.2) is 9.97 Å². The third-order valence-corrected chi connectivity index (χ3v) is 5.14. The fraction of sp³-hybridized carbons (Fsp3) is 0.333. The molecular weight excluding hydrogens is 404 g/mol. The van der Waals surface area contributed by atoms with Gasteiger partial charge in [0.2, 0.25) is 5.95 Å². The number of carbonyl (C=O) groups excluding carboxylic acids is 1. The van der Waals surface area contributed by atoms with Crippen LogP contribution in [0.4, 0.5) is 5.95 Å². The number of hydrogen-bond acceptors (Lipinski definition) is 6. The number of aromatic nitrogens is 4. The van der Waals surface area contributed by atoms with Crippen LogP contribution in [-0.4, -0.2) is 44.7 Å². The Hall–Kier alpha value is -2.97. The van der Waals surface area contributed by atoms with Crippen molar-refractivity contribution < 1.29 is 9.53 Å². The van der Waals surface area contributed by atoms with Gasteiger partial charge in [0.05, 0.1) is 0 Å². The van der Waals surface area contributed by atoms with E-state index in [1.54, 1.807) is 29.4 Å². The molecule has 8 nitrogen and oxygen atoms in total. The quantitative estimate of drug-likeness (QED) is 0.628. The minimum Gasteiger partial charge on any atom is -0.381 e. The number of imidazole rings is 1. The van der Waals surface area contributed by atoms with Crippen LogP contribution in [0, 0.1) is 6.92 Å². The maximum atomic E-state index is 12.5. The summed E-state index contributed by atoms with van der Waals surface area (Å²) in [4.78, 5) is 25.7. The Morgan fingerprint density at radius 1 is 1.30 bits per heavy atom. The van der Waals surface area contributed by atoms with Crippen LogP contribution in [0.5, 0.6) is 0 Å². The summed E-state index contributed by atoms with van der Waals surface area (Å²) in [6.07, 6.45) is 6.87. The number of carbonyl (C=O) groups is 1. The highest BCUT2D eigenvalue weighted by Gasteiger charge is 2.16. The maximum Gasteiger partial charge on any atom is 0.271 e. The maximum absolute atomic E-state index is 12.5. The van der Waals surface area contributed by atoms with E-state index in [0.717, 1.165) is 37.2 Å². The van der Waals surface area contributed by atoms with Crippen molar-refractivity contribution in [3.8, 4) is 5.82 Å². The van der Waals surface area contributed by atoms with Crippen molar-refractivity contribution in [3.05, 3.63) is 64.8 Å². The van der Waals surface area contributed by atoms with Crippen molar-refractivity contribution in [1.29, 1.82) is 0 Å². The van der Waals surface area contributed by atoms with E-state index in [1.807, 2.05) is 25.1 Å². The molecule has 9 heteroatoms. The van der Waals surface area contributed by atoms with E-state index in [4.69, 9.17) is 16.3 Å². The molecule has 1 aliphatic rings. The Labute approximate surface area is 179 Å². The number of nitrogens with zero attached hydrogens (tertiary/aromatic N) is 4. The average Bonchev–Trinajstić information content (AvgIpc) is 3.24. The van der Waals surface area contributed by atoms with Crippen molar-refractivity contribution in [1.82, 2.24) is 24.8 Å². The molecule has 156 valence electrons. The molecule has 0 bridgehead atoms. The van der Waals surface area contributed by atoms with Gasteiger partial charge < -0.3 is 15.4 Å². The van der Waals surface area contributed by atoms with Gasteiger partial charge in [-0.05, 0) is 37.5 Å². The summed E-state index contributed by atoms with van der Waals surface area (Å²) in [5, 5.41) is 6.86. The molecule has 0 atom stereocenters. The summed E-state index contributed by atoms with van der Waals surface area (Å²) in [6, 6.07) is 7.66. The zero-order valence-corrected chi connectivity index (χ0v) is 17.4. The lowest BCUT2D eigenvalue weighted by Crippen LogP contribution is -2.28. The monoisotopic (exact) mass is 426 g/mol. The van der Waals surface area contributed by atoms with Crippen LogP contribution in [0.2, 0.25) is 5.02 Å². The molecule has 0 saturated carbocycles. The number of ether oxygens (including phenoxy) is 1. The van der Waals surface area contributed by atoms with Crippen LogP contribution in [0.3, 0.4) is 0 Å². The predicted molar refractivity (Wildman–Crippen MR) is 114 cm³/mol. The normalized spacial score (nSPS) is 14.5. The summed E-state index contributed by atoms with van der Waals surface area (Å²) < 4.78 is 7.13. The predicted octanol–water partition coefficient (Wildman–Crippen LogP) is 3.15. The molecule has 1 fully saturated rings. The van der Waals surface area contributed by atoms with Crippen LogP contribution < -0.4 is 10.6 Å². The van der Waals surface area contributed by atoms with Crippen molar-refractivity contribution in [2.75, 3.05) is 18.5 Å². The highest BCUT2D eigenvalue weighted by atomic mass is 35.5. The molecule has 1 saturated heterocycles. The first-order valence-corrected chi connectivity index (χ1v) is 10.2. The summed E-state index contributed by atoms with van der Waals surface area (Å²) in [5.41, 5.74) is 2.12. The van der Waals surface area contributed by atoms with Crippen LogP contribution in [0.15, 0.2) is 43.0 Å². The first-order valence-electron chi connectivity index (χ1n) is 9.83. The van der Waals surface area contributed by atoms with Gasteiger partial charge in [-0.15, -0.1) is 0 Å². The topological polar surface area (TPSA) is 94.0 Å². The molecular formula is C21H23ClN6O2. The number of rotatable bonds is 6. The molecule has 0 unspecified atom stereocenters. The molecule has 3 heterocycles. The molecule has 30 heavy (non-hydrogen) atoms. The van der Waals surface area contributed by atoms with Gasteiger partial charge in [-0.2, -0.15) is 4.98 Å². The van der Waals surface area contributed by atoms with Crippen LogP contribution in [0.25, 0.3) is 5.82 Å². The number of benzene rings is 1. The first-order chi connectivity index (χ1) is 14.6. The molecule has 2 N–H and O–H groups in total. The number of amides is 1.